The van der Waals surface area contributed by atoms with Crippen molar-refractivity contribution in [3.63, 3.8) is 0 Å². The minimum absolute atomic E-state index is 0.380. The Bertz CT molecular complexity index is 551. The van der Waals surface area contributed by atoms with Crippen LogP contribution >= 0.6 is 11.3 Å². The summed E-state index contributed by atoms with van der Waals surface area (Å²) < 4.78 is 1.28. The largest absolute Gasteiger partial charge is 0.310 e. The zero-order valence-corrected chi connectivity index (χ0v) is 12.4. The predicted molar refractivity (Wildman–Crippen MR) is 81.6 cm³/mol. The van der Waals surface area contributed by atoms with E-state index in [0.717, 1.165) is 18.0 Å². The molecule has 3 rings (SSSR count). The van der Waals surface area contributed by atoms with Crippen LogP contribution in [0, 0.1) is 5.92 Å². The summed E-state index contributed by atoms with van der Waals surface area (Å²) in [4.78, 5) is 6.93. The number of pyridine rings is 1. The van der Waals surface area contributed by atoms with Crippen molar-refractivity contribution in [2.24, 2.45) is 5.92 Å². The SMILES string of the molecule is CC(NCC1CCN(C)C1)c1cnc2ccsc2c1. The van der Waals surface area contributed by atoms with Gasteiger partial charge in [-0.05, 0) is 62.5 Å². The van der Waals surface area contributed by atoms with E-state index in [1.54, 1.807) is 11.3 Å². The normalized spacial score (nSPS) is 22.1. The highest BCUT2D eigenvalue weighted by Gasteiger charge is 2.19. The van der Waals surface area contributed by atoms with Crippen LogP contribution in [0.4, 0.5) is 0 Å². The summed E-state index contributed by atoms with van der Waals surface area (Å²) >= 11 is 1.77. The summed E-state index contributed by atoms with van der Waals surface area (Å²) in [5.41, 5.74) is 2.40. The molecule has 1 saturated heterocycles. The molecule has 4 heteroatoms. The molecule has 2 unspecified atom stereocenters. The Morgan fingerprint density at radius 2 is 2.47 bits per heavy atom. The van der Waals surface area contributed by atoms with E-state index in [9.17, 15) is 0 Å². The second-order valence-corrected chi connectivity index (χ2v) is 6.57. The van der Waals surface area contributed by atoms with E-state index in [0.29, 0.717) is 6.04 Å². The summed E-state index contributed by atoms with van der Waals surface area (Å²) in [5, 5.41) is 5.76. The zero-order valence-electron chi connectivity index (χ0n) is 11.6. The van der Waals surface area contributed by atoms with Crippen LogP contribution in [0.25, 0.3) is 10.2 Å². The van der Waals surface area contributed by atoms with E-state index < -0.39 is 0 Å². The highest BCUT2D eigenvalue weighted by atomic mass is 32.1. The fourth-order valence-corrected chi connectivity index (χ4v) is 3.54. The van der Waals surface area contributed by atoms with Crippen molar-refractivity contribution in [2.75, 3.05) is 26.7 Å². The molecule has 1 N–H and O–H groups in total. The monoisotopic (exact) mass is 275 g/mol. The molecule has 0 amide bonds. The highest BCUT2D eigenvalue weighted by molar-refractivity contribution is 7.17. The first-order valence-corrected chi connectivity index (χ1v) is 7.85. The smallest absolute Gasteiger partial charge is 0.0809 e. The molecule has 0 radical (unpaired) electrons. The number of thiophene rings is 1. The van der Waals surface area contributed by atoms with Crippen LogP contribution in [0.2, 0.25) is 0 Å². The van der Waals surface area contributed by atoms with Gasteiger partial charge in [-0.15, -0.1) is 11.3 Å². The molecule has 3 heterocycles. The molecular weight excluding hydrogens is 254 g/mol. The average Bonchev–Trinajstić information content (AvgIpc) is 3.03. The second-order valence-electron chi connectivity index (χ2n) is 5.62. The van der Waals surface area contributed by atoms with Crippen LogP contribution in [0.3, 0.4) is 0 Å². The van der Waals surface area contributed by atoms with E-state index in [4.69, 9.17) is 0 Å². The van der Waals surface area contributed by atoms with Gasteiger partial charge in [0.1, 0.15) is 0 Å². The quantitative estimate of drug-likeness (QED) is 0.930. The lowest BCUT2D eigenvalue weighted by Crippen LogP contribution is -2.27. The standard InChI is InChI=1S/C15H21N3S/c1-11(16-8-12-3-5-18(2)10-12)13-7-15-14(17-9-13)4-6-19-15/h4,6-7,9,11-12,16H,3,5,8,10H2,1-2H3. The minimum Gasteiger partial charge on any atom is -0.310 e. The van der Waals surface area contributed by atoms with Gasteiger partial charge >= 0.3 is 0 Å². The van der Waals surface area contributed by atoms with Gasteiger partial charge in [0.15, 0.2) is 0 Å². The van der Waals surface area contributed by atoms with E-state index in [2.05, 4.69) is 46.7 Å². The lowest BCUT2D eigenvalue weighted by Gasteiger charge is -2.17. The summed E-state index contributed by atoms with van der Waals surface area (Å²) in [6, 6.07) is 4.73. The molecule has 0 aromatic carbocycles. The molecule has 0 spiro atoms. The van der Waals surface area contributed by atoms with E-state index in [-0.39, 0.29) is 0 Å². The van der Waals surface area contributed by atoms with Gasteiger partial charge in [0.2, 0.25) is 0 Å². The van der Waals surface area contributed by atoms with Crippen molar-refractivity contribution in [1.82, 2.24) is 15.2 Å². The Kier molecular flexibility index (Phi) is 3.82. The molecule has 3 nitrogen and oxygen atoms in total. The van der Waals surface area contributed by atoms with Crippen molar-refractivity contribution in [3.8, 4) is 0 Å². The third kappa shape index (κ3) is 2.96. The maximum absolute atomic E-state index is 4.52. The summed E-state index contributed by atoms with van der Waals surface area (Å²) in [6.07, 6.45) is 3.33. The molecule has 102 valence electrons. The van der Waals surface area contributed by atoms with Crippen molar-refractivity contribution in [2.45, 2.75) is 19.4 Å². The second kappa shape index (κ2) is 5.57. The van der Waals surface area contributed by atoms with Crippen LogP contribution in [0.5, 0.6) is 0 Å². The number of likely N-dealkylation sites (tertiary alicyclic amines) is 1. The topological polar surface area (TPSA) is 28.2 Å². The van der Waals surface area contributed by atoms with Crippen LogP contribution in [0.1, 0.15) is 24.9 Å². The maximum atomic E-state index is 4.52. The summed E-state index contributed by atoms with van der Waals surface area (Å²) in [6.45, 7) is 5.80. The number of fused-ring (bicyclic) bond motifs is 1. The summed E-state index contributed by atoms with van der Waals surface area (Å²) in [5.74, 6) is 0.797. The van der Waals surface area contributed by atoms with Gasteiger partial charge in [-0.3, -0.25) is 4.98 Å². The first-order valence-electron chi connectivity index (χ1n) is 6.97. The molecule has 0 saturated carbocycles. The van der Waals surface area contributed by atoms with Gasteiger partial charge in [-0.2, -0.15) is 0 Å². The number of aromatic nitrogens is 1. The van der Waals surface area contributed by atoms with Gasteiger partial charge in [0.05, 0.1) is 10.2 Å². The third-order valence-electron chi connectivity index (χ3n) is 4.03. The first kappa shape index (κ1) is 13.0. The van der Waals surface area contributed by atoms with Crippen LogP contribution in [0.15, 0.2) is 23.7 Å². The molecule has 2 atom stereocenters. The molecule has 0 bridgehead atoms. The summed E-state index contributed by atoms with van der Waals surface area (Å²) in [7, 11) is 2.21. The molecule has 0 aliphatic carbocycles. The number of nitrogens with one attached hydrogen (secondary N) is 1. The fourth-order valence-electron chi connectivity index (χ4n) is 2.75. The zero-order chi connectivity index (χ0) is 13.2. The van der Waals surface area contributed by atoms with Crippen molar-refractivity contribution in [1.29, 1.82) is 0 Å². The number of rotatable bonds is 4. The molecule has 1 fully saturated rings. The van der Waals surface area contributed by atoms with E-state index in [1.165, 1.54) is 29.8 Å². The van der Waals surface area contributed by atoms with Gasteiger partial charge in [-0.1, -0.05) is 0 Å². The Morgan fingerprint density at radius 3 is 3.26 bits per heavy atom. The van der Waals surface area contributed by atoms with Gasteiger partial charge in [0.25, 0.3) is 0 Å². The fraction of sp³-hybridized carbons (Fsp3) is 0.533. The highest BCUT2D eigenvalue weighted by Crippen LogP contribution is 2.23. The molecular formula is C15H21N3S. The van der Waals surface area contributed by atoms with Crippen LogP contribution < -0.4 is 5.32 Å². The number of hydrogen-bond donors (Lipinski definition) is 1. The Hall–Kier alpha value is -0.970. The predicted octanol–water partition coefficient (Wildman–Crippen LogP) is 2.90. The van der Waals surface area contributed by atoms with E-state index in [1.807, 2.05) is 6.20 Å². The molecule has 1 aliphatic heterocycles. The molecule has 1 aliphatic rings. The lowest BCUT2D eigenvalue weighted by molar-refractivity contribution is 0.382. The Labute approximate surface area is 118 Å². The van der Waals surface area contributed by atoms with Gasteiger partial charge in [0, 0.05) is 18.8 Å². The molecule has 19 heavy (non-hydrogen) atoms. The first-order chi connectivity index (χ1) is 9.22. The average molecular weight is 275 g/mol. The lowest BCUT2D eigenvalue weighted by atomic mass is 10.1. The van der Waals surface area contributed by atoms with Crippen molar-refractivity contribution in [3.05, 3.63) is 29.3 Å². The Morgan fingerprint density at radius 1 is 1.58 bits per heavy atom. The van der Waals surface area contributed by atoms with Crippen molar-refractivity contribution < 1.29 is 0 Å². The Balaban J connectivity index is 1.61. The minimum atomic E-state index is 0.380. The van der Waals surface area contributed by atoms with Crippen LogP contribution in [-0.4, -0.2) is 36.6 Å². The van der Waals surface area contributed by atoms with Gasteiger partial charge < -0.3 is 10.2 Å². The number of hydrogen-bond acceptors (Lipinski definition) is 4. The third-order valence-corrected chi connectivity index (χ3v) is 4.88. The van der Waals surface area contributed by atoms with E-state index >= 15 is 0 Å². The molecule has 2 aromatic rings. The molecule has 2 aromatic heterocycles. The maximum Gasteiger partial charge on any atom is 0.0809 e. The number of nitrogens with zero attached hydrogens (tertiary/aromatic N) is 2. The van der Waals surface area contributed by atoms with Crippen LogP contribution in [-0.2, 0) is 0 Å². The van der Waals surface area contributed by atoms with Crippen molar-refractivity contribution >= 4 is 21.6 Å². The van der Waals surface area contributed by atoms with Gasteiger partial charge in [-0.25, -0.2) is 0 Å².